The maximum absolute atomic E-state index is 12.5. The van der Waals surface area contributed by atoms with Crippen LogP contribution in [0, 0.1) is 0 Å². The van der Waals surface area contributed by atoms with Gasteiger partial charge in [-0.1, -0.05) is 19.8 Å². The summed E-state index contributed by atoms with van der Waals surface area (Å²) in [6, 6.07) is 2.02. The van der Waals surface area contributed by atoms with Gasteiger partial charge in [-0.25, -0.2) is 0 Å². The van der Waals surface area contributed by atoms with E-state index in [1.807, 2.05) is 27.1 Å². The van der Waals surface area contributed by atoms with Crippen molar-refractivity contribution in [3.8, 4) is 0 Å². The van der Waals surface area contributed by atoms with Crippen LogP contribution in [0.1, 0.15) is 48.8 Å². The topological polar surface area (TPSA) is 38.1 Å². The number of aryl methyl sites for hydroxylation is 2. The predicted octanol–water partition coefficient (Wildman–Crippen LogP) is 2.60. The van der Waals surface area contributed by atoms with Crippen molar-refractivity contribution in [1.29, 1.82) is 0 Å². The van der Waals surface area contributed by atoms with Crippen LogP contribution in [0.3, 0.4) is 0 Å². The number of carbonyl (C=O) groups is 1. The van der Waals surface area contributed by atoms with Gasteiger partial charge in [0, 0.05) is 20.1 Å². The van der Waals surface area contributed by atoms with Crippen molar-refractivity contribution in [2.24, 2.45) is 7.05 Å². The van der Waals surface area contributed by atoms with E-state index in [1.54, 1.807) is 9.58 Å². The van der Waals surface area contributed by atoms with Gasteiger partial charge in [0.25, 0.3) is 5.91 Å². The van der Waals surface area contributed by atoms with E-state index in [-0.39, 0.29) is 17.3 Å². The molecule has 1 fully saturated rings. The van der Waals surface area contributed by atoms with Crippen molar-refractivity contribution in [2.45, 2.75) is 50.4 Å². The Bertz CT molecular complexity index is 458. The van der Waals surface area contributed by atoms with E-state index in [9.17, 15) is 4.79 Å². The molecule has 0 saturated heterocycles. The monoisotopic (exact) mass is 283 g/mol. The molecule has 1 aliphatic rings. The highest BCUT2D eigenvalue weighted by Gasteiger charge is 2.30. The summed E-state index contributed by atoms with van der Waals surface area (Å²) in [7, 11) is 3.67. The molecule has 1 aromatic rings. The third kappa shape index (κ3) is 2.94. The molecule has 2 unspecified atom stereocenters. The molecule has 1 aliphatic carbocycles. The number of hydrogen-bond acceptors (Lipinski definition) is 2. The molecule has 1 saturated carbocycles. The zero-order valence-corrected chi connectivity index (χ0v) is 12.7. The van der Waals surface area contributed by atoms with Crippen LogP contribution in [-0.2, 0) is 13.5 Å². The molecule has 0 aliphatic heterocycles. The highest BCUT2D eigenvalue weighted by molar-refractivity contribution is 6.21. The van der Waals surface area contributed by atoms with E-state index in [0.29, 0.717) is 5.69 Å². The molecule has 106 valence electrons. The molecule has 1 aromatic heterocycles. The van der Waals surface area contributed by atoms with Crippen molar-refractivity contribution >= 4 is 17.5 Å². The first-order valence-corrected chi connectivity index (χ1v) is 7.42. The molecule has 2 atom stereocenters. The maximum atomic E-state index is 12.5. The number of hydrogen-bond donors (Lipinski definition) is 0. The highest BCUT2D eigenvalue weighted by Crippen LogP contribution is 2.27. The fourth-order valence-electron chi connectivity index (χ4n) is 2.73. The third-order valence-electron chi connectivity index (χ3n) is 3.98. The fourth-order valence-corrected chi connectivity index (χ4v) is 3.18. The summed E-state index contributed by atoms with van der Waals surface area (Å²) in [4.78, 5) is 14.3. The van der Waals surface area contributed by atoms with E-state index in [0.717, 1.165) is 31.4 Å². The summed E-state index contributed by atoms with van der Waals surface area (Å²) >= 11 is 6.37. The van der Waals surface area contributed by atoms with E-state index in [1.165, 1.54) is 6.42 Å². The second kappa shape index (κ2) is 5.95. The third-order valence-corrected chi connectivity index (χ3v) is 4.49. The van der Waals surface area contributed by atoms with Gasteiger partial charge in [-0.2, -0.15) is 5.10 Å². The molecule has 0 aromatic carbocycles. The summed E-state index contributed by atoms with van der Waals surface area (Å²) in [6.45, 7) is 2.04. The lowest BCUT2D eigenvalue weighted by Crippen LogP contribution is -2.44. The number of halogens is 1. The van der Waals surface area contributed by atoms with E-state index >= 15 is 0 Å². The summed E-state index contributed by atoms with van der Waals surface area (Å²) < 4.78 is 1.67. The van der Waals surface area contributed by atoms with E-state index in [2.05, 4.69) is 5.10 Å². The molecule has 0 N–H and O–H groups in total. The summed E-state index contributed by atoms with van der Waals surface area (Å²) in [6.07, 6.45) is 5.15. The van der Waals surface area contributed by atoms with Gasteiger partial charge in [0.2, 0.25) is 0 Å². The smallest absolute Gasteiger partial charge is 0.272 e. The van der Waals surface area contributed by atoms with Crippen LogP contribution in [0.15, 0.2) is 6.07 Å². The Labute approximate surface area is 119 Å². The lowest BCUT2D eigenvalue weighted by atomic mass is 9.93. The maximum Gasteiger partial charge on any atom is 0.272 e. The van der Waals surface area contributed by atoms with Gasteiger partial charge in [-0.05, 0) is 25.3 Å². The Kier molecular flexibility index (Phi) is 4.50. The zero-order chi connectivity index (χ0) is 14.0. The molecule has 0 radical (unpaired) electrons. The Hall–Kier alpha value is -1.03. The number of carbonyl (C=O) groups excluding carboxylic acids is 1. The average Bonchev–Trinajstić information content (AvgIpc) is 2.79. The first-order valence-electron chi connectivity index (χ1n) is 6.98. The van der Waals surface area contributed by atoms with Crippen LogP contribution in [0.4, 0.5) is 0 Å². The molecular formula is C14H22ClN3O. The van der Waals surface area contributed by atoms with Crippen LogP contribution in [-0.4, -0.2) is 39.1 Å². The van der Waals surface area contributed by atoms with Gasteiger partial charge in [-0.15, -0.1) is 11.6 Å². The minimum atomic E-state index is 0.0206. The lowest BCUT2D eigenvalue weighted by Gasteiger charge is -2.34. The van der Waals surface area contributed by atoms with Crippen molar-refractivity contribution in [1.82, 2.24) is 14.7 Å². The van der Waals surface area contributed by atoms with Gasteiger partial charge in [0.05, 0.1) is 11.1 Å². The van der Waals surface area contributed by atoms with Crippen LogP contribution < -0.4 is 0 Å². The summed E-state index contributed by atoms with van der Waals surface area (Å²) in [5.41, 5.74) is 1.60. The van der Waals surface area contributed by atoms with Gasteiger partial charge in [0.1, 0.15) is 5.69 Å². The SMILES string of the molecule is CCc1cc(C(=O)N(C)C2CCCCC2Cl)n(C)n1. The molecule has 4 nitrogen and oxygen atoms in total. The first-order chi connectivity index (χ1) is 9.04. The van der Waals surface area contributed by atoms with Crippen molar-refractivity contribution in [3.05, 3.63) is 17.5 Å². The predicted molar refractivity (Wildman–Crippen MR) is 76.6 cm³/mol. The molecule has 0 bridgehead atoms. The quantitative estimate of drug-likeness (QED) is 0.800. The van der Waals surface area contributed by atoms with Crippen LogP contribution >= 0.6 is 11.6 Å². The Morgan fingerprint density at radius 2 is 2.21 bits per heavy atom. The van der Waals surface area contributed by atoms with Crippen molar-refractivity contribution < 1.29 is 4.79 Å². The number of amides is 1. The van der Waals surface area contributed by atoms with Gasteiger partial charge >= 0.3 is 0 Å². The summed E-state index contributed by atoms with van der Waals surface area (Å²) in [5, 5.41) is 4.40. The minimum absolute atomic E-state index is 0.0206. The van der Waals surface area contributed by atoms with E-state index in [4.69, 9.17) is 11.6 Å². The van der Waals surface area contributed by atoms with Gasteiger partial charge in [-0.3, -0.25) is 9.48 Å². The Morgan fingerprint density at radius 1 is 1.53 bits per heavy atom. The van der Waals surface area contributed by atoms with Crippen molar-refractivity contribution in [2.75, 3.05) is 7.05 Å². The highest BCUT2D eigenvalue weighted by atomic mass is 35.5. The molecule has 0 spiro atoms. The second-order valence-corrected chi connectivity index (χ2v) is 5.84. The zero-order valence-electron chi connectivity index (χ0n) is 11.9. The van der Waals surface area contributed by atoms with Crippen LogP contribution in [0.25, 0.3) is 0 Å². The van der Waals surface area contributed by atoms with Crippen LogP contribution in [0.5, 0.6) is 0 Å². The Balaban J connectivity index is 2.15. The summed E-state index contributed by atoms with van der Waals surface area (Å²) in [5.74, 6) is 0.0206. The number of nitrogens with zero attached hydrogens (tertiary/aromatic N) is 3. The van der Waals surface area contributed by atoms with Gasteiger partial charge < -0.3 is 4.90 Å². The van der Waals surface area contributed by atoms with E-state index < -0.39 is 0 Å². The largest absolute Gasteiger partial charge is 0.336 e. The molecule has 1 amide bonds. The molecular weight excluding hydrogens is 262 g/mol. The molecule has 1 heterocycles. The second-order valence-electron chi connectivity index (χ2n) is 5.28. The minimum Gasteiger partial charge on any atom is -0.336 e. The number of alkyl halides is 1. The number of aromatic nitrogens is 2. The first kappa shape index (κ1) is 14.4. The lowest BCUT2D eigenvalue weighted by molar-refractivity contribution is 0.0689. The van der Waals surface area contributed by atoms with Crippen molar-refractivity contribution in [3.63, 3.8) is 0 Å². The van der Waals surface area contributed by atoms with Crippen LogP contribution in [0.2, 0.25) is 0 Å². The molecule has 2 rings (SSSR count). The fraction of sp³-hybridized carbons (Fsp3) is 0.714. The van der Waals surface area contributed by atoms with Gasteiger partial charge in [0.15, 0.2) is 0 Å². The number of rotatable bonds is 3. The average molecular weight is 284 g/mol. The molecule has 19 heavy (non-hydrogen) atoms. The standard InChI is InChI=1S/C14H22ClN3O/c1-4-10-9-13(18(3)16-10)14(19)17(2)12-8-6-5-7-11(12)15/h9,11-12H,4-8H2,1-3H3. The normalized spacial score (nSPS) is 23.4. The Morgan fingerprint density at radius 3 is 2.79 bits per heavy atom. The molecule has 5 heteroatoms.